The summed E-state index contributed by atoms with van der Waals surface area (Å²) < 4.78 is 14.1. The Morgan fingerprint density at radius 3 is 2.66 bits per heavy atom. The number of aliphatic hydroxyl groups excluding tert-OH is 1. The second-order valence-corrected chi connectivity index (χ2v) is 11.0. The van der Waals surface area contributed by atoms with Crippen LogP contribution in [0, 0.1) is 23.2 Å². The van der Waals surface area contributed by atoms with Crippen molar-refractivity contribution in [2.45, 2.75) is 110 Å². The predicted molar refractivity (Wildman–Crippen MR) is 132 cm³/mol. The van der Waals surface area contributed by atoms with Crippen LogP contribution < -0.4 is 0 Å². The second-order valence-electron chi connectivity index (χ2n) is 11.0. The Bertz CT molecular complexity index is 759. The molecule has 0 radical (unpaired) electrons. The zero-order valence-corrected chi connectivity index (χ0v) is 20.7. The van der Waals surface area contributed by atoms with Crippen LogP contribution in [0.2, 0.25) is 0 Å². The van der Waals surface area contributed by atoms with E-state index in [0.29, 0.717) is 35.2 Å². The van der Waals surface area contributed by atoms with Crippen LogP contribution in [0.3, 0.4) is 0 Å². The summed E-state index contributed by atoms with van der Waals surface area (Å²) in [5.41, 5.74) is 2.59. The summed E-state index contributed by atoms with van der Waals surface area (Å²) >= 11 is 0. The molecular weight excluding hydrogens is 399 g/mol. The molecule has 6 atom stereocenters. The Morgan fingerprint density at radius 2 is 1.97 bits per heavy atom. The smallest absolute Gasteiger partial charge is 0.127 e. The lowest BCUT2D eigenvalue weighted by atomic mass is 9.61. The van der Waals surface area contributed by atoms with Gasteiger partial charge >= 0.3 is 0 Å². The summed E-state index contributed by atoms with van der Waals surface area (Å²) in [7, 11) is 0. The number of alkyl halides is 1. The Labute approximate surface area is 195 Å². The van der Waals surface area contributed by atoms with Gasteiger partial charge in [0, 0.05) is 6.42 Å². The lowest BCUT2D eigenvalue weighted by Gasteiger charge is -2.44. The molecule has 3 aliphatic rings. The molecule has 0 aliphatic heterocycles. The van der Waals surface area contributed by atoms with E-state index in [4.69, 9.17) is 0 Å². The molecule has 3 saturated carbocycles. The van der Waals surface area contributed by atoms with Gasteiger partial charge in [-0.05, 0) is 92.1 Å². The van der Waals surface area contributed by atoms with Crippen molar-refractivity contribution in [1.29, 1.82) is 0 Å². The van der Waals surface area contributed by atoms with Gasteiger partial charge in [0.1, 0.15) is 6.17 Å². The van der Waals surface area contributed by atoms with Crippen molar-refractivity contribution in [3.63, 3.8) is 0 Å². The number of aliphatic hydroxyl groups is 2. The van der Waals surface area contributed by atoms with Crippen molar-refractivity contribution in [3.8, 4) is 0 Å². The molecular formula is C29H45FO2. The zero-order valence-electron chi connectivity index (χ0n) is 20.7. The van der Waals surface area contributed by atoms with E-state index in [1.165, 1.54) is 31.3 Å². The molecule has 0 aromatic rings. The maximum atomic E-state index is 14.1. The van der Waals surface area contributed by atoms with Crippen LogP contribution in [0.5, 0.6) is 0 Å². The highest BCUT2D eigenvalue weighted by molar-refractivity contribution is 5.38. The molecule has 3 fully saturated rings. The predicted octanol–water partition coefficient (Wildman–Crippen LogP) is 7.24. The van der Waals surface area contributed by atoms with Crippen molar-refractivity contribution in [2.75, 3.05) is 0 Å². The van der Waals surface area contributed by atoms with Gasteiger partial charge in [0.2, 0.25) is 0 Å². The number of halogens is 1. The average molecular weight is 445 g/mol. The first-order valence-corrected chi connectivity index (χ1v) is 12.9. The first-order valence-electron chi connectivity index (χ1n) is 12.9. The standard InChI is InChI=1S/C29H45FO2/c1-6-29(32,7-2)17-8-10-20(3)25-14-15-26-22(11-9-16-28(25,26)5)12-13-23-18-24(31)19-27(30)21(23)4/h8,12-13,17,20,24-27,31-32H,4,6-7,9-11,14-16,18-19H2,1-3,5H3. The number of hydrogen-bond acceptors (Lipinski definition) is 2. The summed E-state index contributed by atoms with van der Waals surface area (Å²) in [4.78, 5) is 0. The largest absolute Gasteiger partial charge is 0.393 e. The second kappa shape index (κ2) is 10.4. The molecule has 2 nitrogen and oxygen atoms in total. The Balaban J connectivity index is 1.72. The van der Waals surface area contributed by atoms with Gasteiger partial charge in [-0.15, -0.1) is 0 Å². The minimum atomic E-state index is -1.12. The third kappa shape index (κ3) is 5.30. The molecule has 6 unspecified atom stereocenters. The normalized spacial score (nSPS) is 37.4. The Hall–Kier alpha value is -1.19. The number of allylic oxidation sites excluding steroid dienone is 5. The van der Waals surface area contributed by atoms with Crippen LogP contribution in [-0.2, 0) is 0 Å². The van der Waals surface area contributed by atoms with Gasteiger partial charge in [-0.1, -0.05) is 64.2 Å². The van der Waals surface area contributed by atoms with Gasteiger partial charge in [0.25, 0.3) is 0 Å². The van der Waals surface area contributed by atoms with Crippen LogP contribution >= 0.6 is 0 Å². The summed E-state index contributed by atoms with van der Waals surface area (Å²) in [6.45, 7) is 12.9. The first-order chi connectivity index (χ1) is 15.1. The van der Waals surface area contributed by atoms with Gasteiger partial charge in [0.05, 0.1) is 11.7 Å². The van der Waals surface area contributed by atoms with E-state index in [1.807, 2.05) is 26.0 Å². The molecule has 180 valence electrons. The Morgan fingerprint density at radius 1 is 1.25 bits per heavy atom. The molecule has 0 heterocycles. The van der Waals surface area contributed by atoms with Gasteiger partial charge < -0.3 is 10.2 Å². The lowest BCUT2D eigenvalue weighted by Crippen LogP contribution is -2.36. The van der Waals surface area contributed by atoms with E-state index in [2.05, 4.69) is 32.6 Å². The Kier molecular flexibility index (Phi) is 8.25. The van der Waals surface area contributed by atoms with Crippen LogP contribution in [0.15, 0.2) is 47.6 Å². The van der Waals surface area contributed by atoms with Crippen LogP contribution in [-0.4, -0.2) is 28.1 Å². The quantitative estimate of drug-likeness (QED) is 0.406. The van der Waals surface area contributed by atoms with E-state index in [9.17, 15) is 14.6 Å². The number of rotatable bonds is 7. The van der Waals surface area contributed by atoms with Crippen molar-refractivity contribution >= 4 is 0 Å². The SMILES string of the molecule is C=C1C(=CC=C2CCCC3(C)C2CCC3C(C)CC=CC(O)(CC)CC)CC(O)CC1F. The molecule has 0 saturated heterocycles. The summed E-state index contributed by atoms with van der Waals surface area (Å²) in [5, 5.41) is 20.5. The number of fused-ring (bicyclic) bond motifs is 1. The van der Waals surface area contributed by atoms with Crippen molar-refractivity contribution in [3.05, 3.63) is 47.6 Å². The first kappa shape index (κ1) is 25.4. The van der Waals surface area contributed by atoms with Gasteiger partial charge in [-0.25, -0.2) is 4.39 Å². The molecule has 0 bridgehead atoms. The summed E-state index contributed by atoms with van der Waals surface area (Å²) in [6, 6.07) is 0. The van der Waals surface area contributed by atoms with E-state index in [0.717, 1.165) is 31.3 Å². The van der Waals surface area contributed by atoms with Crippen LogP contribution in [0.25, 0.3) is 0 Å². The van der Waals surface area contributed by atoms with E-state index < -0.39 is 17.9 Å². The van der Waals surface area contributed by atoms with E-state index >= 15 is 0 Å². The van der Waals surface area contributed by atoms with Crippen LogP contribution in [0.1, 0.15) is 91.9 Å². The highest BCUT2D eigenvalue weighted by Gasteiger charge is 2.50. The third-order valence-corrected chi connectivity index (χ3v) is 9.11. The molecule has 2 N–H and O–H groups in total. The van der Waals surface area contributed by atoms with Gasteiger partial charge in [0.15, 0.2) is 0 Å². The topological polar surface area (TPSA) is 40.5 Å². The molecule has 0 aromatic carbocycles. The van der Waals surface area contributed by atoms with E-state index in [-0.39, 0.29) is 6.42 Å². The molecule has 0 spiro atoms. The lowest BCUT2D eigenvalue weighted by molar-refractivity contribution is 0.0813. The highest BCUT2D eigenvalue weighted by atomic mass is 19.1. The van der Waals surface area contributed by atoms with Crippen LogP contribution in [0.4, 0.5) is 4.39 Å². The highest BCUT2D eigenvalue weighted by Crippen LogP contribution is 2.59. The fourth-order valence-electron chi connectivity index (χ4n) is 6.80. The third-order valence-electron chi connectivity index (χ3n) is 9.11. The molecule has 32 heavy (non-hydrogen) atoms. The fraction of sp³-hybridized carbons (Fsp3) is 0.724. The van der Waals surface area contributed by atoms with Crippen molar-refractivity contribution in [2.24, 2.45) is 23.2 Å². The minimum Gasteiger partial charge on any atom is -0.393 e. The monoisotopic (exact) mass is 444 g/mol. The molecule has 3 aliphatic carbocycles. The maximum Gasteiger partial charge on any atom is 0.127 e. The van der Waals surface area contributed by atoms with Crippen molar-refractivity contribution in [1.82, 2.24) is 0 Å². The van der Waals surface area contributed by atoms with E-state index in [1.54, 1.807) is 0 Å². The molecule has 3 heteroatoms. The number of hydrogen-bond donors (Lipinski definition) is 2. The van der Waals surface area contributed by atoms with Gasteiger partial charge in [-0.3, -0.25) is 0 Å². The summed E-state index contributed by atoms with van der Waals surface area (Å²) in [5.74, 6) is 1.87. The minimum absolute atomic E-state index is 0.176. The average Bonchev–Trinajstić information content (AvgIpc) is 3.12. The summed E-state index contributed by atoms with van der Waals surface area (Å²) in [6.07, 6.45) is 16.1. The molecule has 0 amide bonds. The van der Waals surface area contributed by atoms with Gasteiger partial charge in [-0.2, -0.15) is 0 Å². The fourth-order valence-corrected chi connectivity index (χ4v) is 6.80. The molecule has 0 aromatic heterocycles. The zero-order chi connectivity index (χ0) is 23.5. The molecule has 3 rings (SSSR count). The van der Waals surface area contributed by atoms with Crippen molar-refractivity contribution < 1.29 is 14.6 Å². The maximum absolute atomic E-state index is 14.1.